The highest BCUT2D eigenvalue weighted by atomic mass is 16.4. The highest BCUT2D eigenvalue weighted by Crippen LogP contribution is 2.43. The topological polar surface area (TPSA) is 32.6 Å². The first kappa shape index (κ1) is 6.89. The first-order valence-corrected chi connectivity index (χ1v) is 4.18. The van der Waals surface area contributed by atoms with Crippen LogP contribution < -0.4 is 0 Å². The van der Waals surface area contributed by atoms with Crippen molar-refractivity contribution in [3.05, 3.63) is 12.2 Å². The van der Waals surface area contributed by atoms with Crippen molar-refractivity contribution in [2.24, 2.45) is 22.9 Å². The molecule has 0 amide bonds. The van der Waals surface area contributed by atoms with Gasteiger partial charge < -0.3 is 5.21 Å². The van der Waals surface area contributed by atoms with E-state index in [-0.39, 0.29) is 0 Å². The molecule has 1 fully saturated rings. The monoisotopic (exact) mass is 151 g/mol. The molecule has 0 saturated heterocycles. The fourth-order valence-electron chi connectivity index (χ4n) is 2.34. The summed E-state index contributed by atoms with van der Waals surface area (Å²) in [5, 5.41) is 11.9. The molecular formula is C9H13NO. The van der Waals surface area contributed by atoms with Crippen molar-refractivity contribution in [1.82, 2.24) is 0 Å². The molecule has 2 aliphatic carbocycles. The predicted octanol–water partition coefficient (Wildman–Crippen LogP) is 2.05. The van der Waals surface area contributed by atoms with Gasteiger partial charge in [-0.15, -0.1) is 0 Å². The number of hydrogen-bond acceptors (Lipinski definition) is 2. The van der Waals surface area contributed by atoms with Crippen LogP contribution in [0.25, 0.3) is 0 Å². The summed E-state index contributed by atoms with van der Waals surface area (Å²) in [6, 6.07) is 0. The zero-order valence-corrected chi connectivity index (χ0v) is 6.70. The molecule has 60 valence electrons. The summed E-state index contributed by atoms with van der Waals surface area (Å²) in [6.07, 6.45) is 7.04. The molecule has 0 aromatic rings. The highest BCUT2D eigenvalue weighted by Gasteiger charge is 2.37. The van der Waals surface area contributed by atoms with Gasteiger partial charge in [0.2, 0.25) is 0 Å². The van der Waals surface area contributed by atoms with Gasteiger partial charge in [-0.25, -0.2) is 0 Å². The molecule has 0 aliphatic heterocycles. The zero-order valence-electron chi connectivity index (χ0n) is 6.70. The van der Waals surface area contributed by atoms with E-state index in [1.165, 1.54) is 12.8 Å². The lowest BCUT2D eigenvalue weighted by Gasteiger charge is -2.15. The first-order valence-electron chi connectivity index (χ1n) is 4.18. The molecule has 1 N–H and O–H groups in total. The van der Waals surface area contributed by atoms with Crippen molar-refractivity contribution < 1.29 is 5.21 Å². The van der Waals surface area contributed by atoms with Crippen molar-refractivity contribution in [2.75, 3.05) is 0 Å². The van der Waals surface area contributed by atoms with Crippen LogP contribution in [0.1, 0.15) is 19.8 Å². The Kier molecular flexibility index (Phi) is 1.48. The van der Waals surface area contributed by atoms with Crippen molar-refractivity contribution >= 4 is 5.71 Å². The number of allylic oxidation sites excluding steroid dienone is 2. The summed E-state index contributed by atoms with van der Waals surface area (Å²) in [5.41, 5.74) is 0.904. The summed E-state index contributed by atoms with van der Waals surface area (Å²) in [4.78, 5) is 0. The summed E-state index contributed by atoms with van der Waals surface area (Å²) in [7, 11) is 0. The maximum atomic E-state index is 8.59. The Hall–Kier alpha value is -0.790. The van der Waals surface area contributed by atoms with Gasteiger partial charge in [0.25, 0.3) is 0 Å². The third-order valence-corrected chi connectivity index (χ3v) is 2.97. The normalized spacial score (nSPS) is 41.9. The number of rotatable bonds is 1. The molecule has 0 radical (unpaired) electrons. The summed E-state index contributed by atoms with van der Waals surface area (Å²) in [6.45, 7) is 1.92. The minimum absolute atomic E-state index is 0.523. The maximum absolute atomic E-state index is 8.59. The molecule has 2 rings (SSSR count). The quantitative estimate of drug-likeness (QED) is 0.264. The Balaban J connectivity index is 2.14. The second kappa shape index (κ2) is 2.36. The Morgan fingerprint density at radius 3 is 2.73 bits per heavy atom. The second-order valence-electron chi connectivity index (χ2n) is 3.63. The van der Waals surface area contributed by atoms with Crippen LogP contribution in [0.5, 0.6) is 0 Å². The molecule has 0 aromatic heterocycles. The summed E-state index contributed by atoms with van der Waals surface area (Å²) < 4.78 is 0. The molecule has 11 heavy (non-hydrogen) atoms. The molecule has 2 aliphatic rings. The molecular weight excluding hydrogens is 138 g/mol. The van der Waals surface area contributed by atoms with Gasteiger partial charge in [0, 0.05) is 5.92 Å². The van der Waals surface area contributed by atoms with Gasteiger partial charge in [0.1, 0.15) is 0 Å². The van der Waals surface area contributed by atoms with Crippen LogP contribution in [0, 0.1) is 17.8 Å². The van der Waals surface area contributed by atoms with Gasteiger partial charge in [0.05, 0.1) is 5.71 Å². The van der Waals surface area contributed by atoms with Crippen LogP contribution in [-0.4, -0.2) is 10.9 Å². The van der Waals surface area contributed by atoms with E-state index in [0.29, 0.717) is 11.8 Å². The lowest BCUT2D eigenvalue weighted by molar-refractivity contribution is 0.312. The standard InChI is InChI=1S/C9H13NO/c1-6(10-11)9-5-7-2-3-8(9)4-7/h2-3,7-9,11H,4-5H2,1H3/b10-6+/t7-,8+,9+/m1/s1. The van der Waals surface area contributed by atoms with E-state index >= 15 is 0 Å². The van der Waals surface area contributed by atoms with E-state index in [9.17, 15) is 0 Å². The molecule has 2 heteroatoms. The molecule has 2 bridgehead atoms. The van der Waals surface area contributed by atoms with Crippen LogP contribution in [-0.2, 0) is 0 Å². The van der Waals surface area contributed by atoms with E-state index < -0.39 is 0 Å². The van der Waals surface area contributed by atoms with Crippen LogP contribution >= 0.6 is 0 Å². The van der Waals surface area contributed by atoms with Crippen LogP contribution in [0.2, 0.25) is 0 Å². The van der Waals surface area contributed by atoms with E-state index in [0.717, 1.165) is 11.6 Å². The van der Waals surface area contributed by atoms with E-state index in [1.54, 1.807) is 0 Å². The third kappa shape index (κ3) is 0.971. The second-order valence-corrected chi connectivity index (χ2v) is 3.63. The smallest absolute Gasteiger partial charge is 0.0576 e. The first-order chi connectivity index (χ1) is 5.31. The fourth-order valence-corrected chi connectivity index (χ4v) is 2.34. The molecule has 0 aromatic carbocycles. The van der Waals surface area contributed by atoms with Crippen LogP contribution in [0.3, 0.4) is 0 Å². The molecule has 1 saturated carbocycles. The third-order valence-electron chi connectivity index (χ3n) is 2.97. The van der Waals surface area contributed by atoms with Crippen LogP contribution in [0.15, 0.2) is 17.3 Å². The highest BCUT2D eigenvalue weighted by molar-refractivity contribution is 5.84. The van der Waals surface area contributed by atoms with Gasteiger partial charge in [-0.3, -0.25) is 0 Å². The van der Waals surface area contributed by atoms with Gasteiger partial charge in [-0.05, 0) is 31.6 Å². The number of oxime groups is 1. The minimum Gasteiger partial charge on any atom is -0.411 e. The average molecular weight is 151 g/mol. The Morgan fingerprint density at radius 2 is 2.27 bits per heavy atom. The molecule has 0 spiro atoms. The average Bonchev–Trinajstić information content (AvgIpc) is 2.62. The van der Waals surface area contributed by atoms with E-state index in [2.05, 4.69) is 17.3 Å². The predicted molar refractivity (Wildman–Crippen MR) is 43.7 cm³/mol. The Morgan fingerprint density at radius 1 is 1.45 bits per heavy atom. The number of nitrogens with zero attached hydrogens (tertiary/aromatic N) is 1. The molecule has 0 heterocycles. The largest absolute Gasteiger partial charge is 0.411 e. The lowest BCUT2D eigenvalue weighted by atomic mass is 9.90. The van der Waals surface area contributed by atoms with Crippen molar-refractivity contribution in [2.45, 2.75) is 19.8 Å². The van der Waals surface area contributed by atoms with Gasteiger partial charge in [0.15, 0.2) is 0 Å². The number of fused-ring (bicyclic) bond motifs is 2. The van der Waals surface area contributed by atoms with E-state index in [4.69, 9.17) is 5.21 Å². The Bertz CT molecular complexity index is 220. The van der Waals surface area contributed by atoms with Crippen molar-refractivity contribution in [3.63, 3.8) is 0 Å². The van der Waals surface area contributed by atoms with E-state index in [1.807, 2.05) is 6.92 Å². The van der Waals surface area contributed by atoms with Gasteiger partial charge in [-0.2, -0.15) is 0 Å². The maximum Gasteiger partial charge on any atom is 0.0576 e. The minimum atomic E-state index is 0.523. The fraction of sp³-hybridized carbons (Fsp3) is 0.667. The Labute approximate surface area is 66.6 Å². The molecule has 3 atom stereocenters. The summed E-state index contributed by atoms with van der Waals surface area (Å²) >= 11 is 0. The number of hydrogen-bond donors (Lipinski definition) is 1. The van der Waals surface area contributed by atoms with Gasteiger partial charge in [-0.1, -0.05) is 17.3 Å². The van der Waals surface area contributed by atoms with Crippen molar-refractivity contribution in [1.29, 1.82) is 0 Å². The van der Waals surface area contributed by atoms with Crippen molar-refractivity contribution in [3.8, 4) is 0 Å². The molecule has 2 nitrogen and oxygen atoms in total. The zero-order chi connectivity index (χ0) is 7.84. The van der Waals surface area contributed by atoms with Crippen LogP contribution in [0.4, 0.5) is 0 Å². The SMILES string of the molecule is C/C(=N\O)[C@@H]1C[C@@H]2C=C[C@H]1C2. The lowest BCUT2D eigenvalue weighted by Crippen LogP contribution is -2.15. The molecule has 0 unspecified atom stereocenters. The summed E-state index contributed by atoms with van der Waals surface area (Å²) in [5.74, 6) is 1.95. The van der Waals surface area contributed by atoms with Gasteiger partial charge >= 0.3 is 0 Å².